The van der Waals surface area contributed by atoms with E-state index in [1.165, 1.54) is 83.5 Å². The lowest BCUT2D eigenvalue weighted by Gasteiger charge is -2.14. The van der Waals surface area contributed by atoms with Gasteiger partial charge in [0.1, 0.15) is 13.2 Å². The van der Waals surface area contributed by atoms with Crippen LogP contribution in [0.3, 0.4) is 0 Å². The summed E-state index contributed by atoms with van der Waals surface area (Å²) >= 11 is 0. The Morgan fingerprint density at radius 3 is 1.58 bits per heavy atom. The highest BCUT2D eigenvalue weighted by Gasteiger charge is 2.22. The first-order chi connectivity index (χ1) is 16.0. The van der Waals surface area contributed by atoms with Gasteiger partial charge in [0.25, 0.3) is 0 Å². The molecule has 0 aromatic heterocycles. The molecule has 0 aliphatic heterocycles. The maximum Gasteiger partial charge on any atom is 0.330 e. The van der Waals surface area contributed by atoms with Crippen molar-refractivity contribution in [3.8, 4) is 0 Å². The van der Waals surface area contributed by atoms with Gasteiger partial charge in [-0.2, -0.15) is 0 Å². The SMILES string of the molecule is C=CC(=O)OCCOC(=O)C(CCCCCCCCCCCCCCCCCC)CC(=O)O. The van der Waals surface area contributed by atoms with Crippen LogP contribution in [0, 0.1) is 5.92 Å². The maximum absolute atomic E-state index is 12.1. The molecule has 0 bridgehead atoms. The standard InChI is InChI=1S/C27H48O6/c1-3-5-6-7-8-9-10-11-12-13-14-15-16-17-18-19-20-24(23-25(28)29)27(31)33-22-21-32-26(30)4-2/h4,24H,2-3,5-23H2,1H3,(H,28,29). The van der Waals surface area contributed by atoms with Crippen molar-refractivity contribution in [2.24, 2.45) is 5.92 Å². The van der Waals surface area contributed by atoms with Crippen molar-refractivity contribution in [3.05, 3.63) is 12.7 Å². The molecule has 0 heterocycles. The van der Waals surface area contributed by atoms with E-state index in [1.807, 2.05) is 0 Å². The number of rotatable bonds is 24. The number of esters is 2. The molecule has 0 fully saturated rings. The average molecular weight is 469 g/mol. The summed E-state index contributed by atoms with van der Waals surface area (Å²) in [5, 5.41) is 9.06. The van der Waals surface area contributed by atoms with Crippen molar-refractivity contribution < 1.29 is 29.0 Å². The molecule has 1 atom stereocenters. The number of hydrogen-bond donors (Lipinski definition) is 1. The van der Waals surface area contributed by atoms with Gasteiger partial charge in [-0.15, -0.1) is 0 Å². The van der Waals surface area contributed by atoms with Crippen LogP contribution in [0.2, 0.25) is 0 Å². The molecule has 0 aromatic rings. The van der Waals surface area contributed by atoms with Crippen LogP contribution < -0.4 is 0 Å². The Morgan fingerprint density at radius 1 is 0.727 bits per heavy atom. The second kappa shape index (κ2) is 23.3. The summed E-state index contributed by atoms with van der Waals surface area (Å²) in [4.78, 5) is 34.1. The fourth-order valence-corrected chi connectivity index (χ4v) is 3.91. The lowest BCUT2D eigenvalue weighted by molar-refractivity contribution is -0.156. The Bertz CT molecular complexity index is 517. The number of carbonyl (C=O) groups excluding carboxylic acids is 2. The lowest BCUT2D eigenvalue weighted by atomic mass is 9.97. The van der Waals surface area contributed by atoms with E-state index in [9.17, 15) is 14.4 Å². The van der Waals surface area contributed by atoms with Gasteiger partial charge in [-0.25, -0.2) is 4.79 Å². The number of unbranched alkanes of at least 4 members (excludes halogenated alkanes) is 15. The first-order valence-corrected chi connectivity index (χ1v) is 13.2. The highest BCUT2D eigenvalue weighted by Crippen LogP contribution is 2.18. The van der Waals surface area contributed by atoms with Crippen LogP contribution in [-0.4, -0.2) is 36.2 Å². The molecule has 0 rings (SSSR count). The topological polar surface area (TPSA) is 89.9 Å². The minimum Gasteiger partial charge on any atom is -0.481 e. The summed E-state index contributed by atoms with van der Waals surface area (Å²) < 4.78 is 9.81. The van der Waals surface area contributed by atoms with E-state index >= 15 is 0 Å². The smallest absolute Gasteiger partial charge is 0.330 e. The molecular formula is C27H48O6. The molecule has 0 aliphatic carbocycles. The van der Waals surface area contributed by atoms with Gasteiger partial charge in [-0.1, -0.05) is 116 Å². The van der Waals surface area contributed by atoms with Gasteiger partial charge in [-0.3, -0.25) is 9.59 Å². The molecule has 0 aliphatic rings. The van der Waals surface area contributed by atoms with Crippen molar-refractivity contribution in [3.63, 3.8) is 0 Å². The Hall–Kier alpha value is -1.85. The Morgan fingerprint density at radius 2 is 1.15 bits per heavy atom. The highest BCUT2D eigenvalue weighted by molar-refractivity contribution is 5.81. The molecule has 6 heteroatoms. The van der Waals surface area contributed by atoms with E-state index in [-0.39, 0.29) is 19.6 Å². The van der Waals surface area contributed by atoms with Crippen LogP contribution in [0.4, 0.5) is 0 Å². The molecule has 192 valence electrons. The molecule has 0 saturated carbocycles. The minimum absolute atomic E-state index is 0.0601. The van der Waals surface area contributed by atoms with Crippen LogP contribution in [0.1, 0.15) is 122 Å². The molecule has 33 heavy (non-hydrogen) atoms. The monoisotopic (exact) mass is 468 g/mol. The van der Waals surface area contributed by atoms with E-state index in [1.54, 1.807) is 0 Å². The molecule has 6 nitrogen and oxygen atoms in total. The predicted molar refractivity (Wildman–Crippen MR) is 132 cm³/mol. The molecule has 0 amide bonds. The van der Waals surface area contributed by atoms with E-state index in [4.69, 9.17) is 14.6 Å². The van der Waals surface area contributed by atoms with Gasteiger partial charge < -0.3 is 14.6 Å². The first-order valence-electron chi connectivity index (χ1n) is 13.2. The molecular weight excluding hydrogens is 420 g/mol. The zero-order chi connectivity index (χ0) is 24.6. The van der Waals surface area contributed by atoms with Crippen LogP contribution in [-0.2, 0) is 23.9 Å². The molecule has 1 N–H and O–H groups in total. The zero-order valence-electron chi connectivity index (χ0n) is 21.0. The molecule has 0 spiro atoms. The van der Waals surface area contributed by atoms with E-state index < -0.39 is 23.8 Å². The minimum atomic E-state index is -1.01. The number of carboxylic acid groups (broad SMARTS) is 1. The number of ether oxygens (including phenoxy) is 2. The average Bonchev–Trinajstić information content (AvgIpc) is 2.80. The van der Waals surface area contributed by atoms with Crippen molar-refractivity contribution in [2.75, 3.05) is 13.2 Å². The highest BCUT2D eigenvalue weighted by atomic mass is 16.6. The molecule has 1 unspecified atom stereocenters. The Balaban J connectivity index is 3.66. The van der Waals surface area contributed by atoms with Gasteiger partial charge in [-0.05, 0) is 6.42 Å². The number of carboxylic acids is 1. The summed E-state index contributed by atoms with van der Waals surface area (Å²) in [5.74, 6) is -2.77. The second-order valence-corrected chi connectivity index (χ2v) is 8.93. The van der Waals surface area contributed by atoms with Crippen LogP contribution in [0.5, 0.6) is 0 Å². The van der Waals surface area contributed by atoms with Crippen molar-refractivity contribution in [1.29, 1.82) is 0 Å². The Labute approximate surface area is 201 Å². The van der Waals surface area contributed by atoms with E-state index in [2.05, 4.69) is 13.5 Å². The van der Waals surface area contributed by atoms with E-state index in [0.717, 1.165) is 25.3 Å². The van der Waals surface area contributed by atoms with Gasteiger partial charge in [0.2, 0.25) is 0 Å². The number of aliphatic carboxylic acids is 1. The second-order valence-electron chi connectivity index (χ2n) is 8.93. The number of carbonyl (C=O) groups is 3. The summed E-state index contributed by atoms with van der Waals surface area (Å²) in [6.45, 7) is 5.40. The first kappa shape index (κ1) is 31.1. The van der Waals surface area contributed by atoms with Crippen LogP contribution >= 0.6 is 0 Å². The largest absolute Gasteiger partial charge is 0.481 e. The van der Waals surface area contributed by atoms with Gasteiger partial charge in [0, 0.05) is 6.08 Å². The third-order valence-electron chi connectivity index (χ3n) is 5.90. The predicted octanol–water partition coefficient (Wildman–Crippen LogP) is 7.00. The van der Waals surface area contributed by atoms with E-state index in [0.29, 0.717) is 6.42 Å². The fraction of sp³-hybridized carbons (Fsp3) is 0.815. The summed E-state index contributed by atoms with van der Waals surface area (Å²) in [5.41, 5.74) is 0. The fourth-order valence-electron chi connectivity index (χ4n) is 3.91. The number of hydrogen-bond acceptors (Lipinski definition) is 5. The van der Waals surface area contributed by atoms with Crippen molar-refractivity contribution >= 4 is 17.9 Å². The lowest BCUT2D eigenvalue weighted by Crippen LogP contribution is -2.23. The third kappa shape index (κ3) is 21.7. The van der Waals surface area contributed by atoms with Gasteiger partial charge in [0.15, 0.2) is 0 Å². The van der Waals surface area contributed by atoms with Crippen molar-refractivity contribution in [1.82, 2.24) is 0 Å². The molecule has 0 radical (unpaired) electrons. The summed E-state index contributed by atoms with van der Waals surface area (Å²) in [6.07, 6.45) is 21.7. The Kier molecular flexibility index (Phi) is 22.0. The van der Waals surface area contributed by atoms with Crippen LogP contribution in [0.25, 0.3) is 0 Å². The van der Waals surface area contributed by atoms with Crippen LogP contribution in [0.15, 0.2) is 12.7 Å². The van der Waals surface area contributed by atoms with Gasteiger partial charge >= 0.3 is 17.9 Å². The summed E-state index contributed by atoms with van der Waals surface area (Å²) in [6, 6.07) is 0. The van der Waals surface area contributed by atoms with Crippen molar-refractivity contribution in [2.45, 2.75) is 122 Å². The normalized spacial score (nSPS) is 11.7. The molecule has 0 saturated heterocycles. The zero-order valence-corrected chi connectivity index (χ0v) is 21.0. The quantitative estimate of drug-likeness (QED) is 0.0931. The molecule has 0 aromatic carbocycles. The maximum atomic E-state index is 12.1. The summed E-state index contributed by atoms with van der Waals surface area (Å²) in [7, 11) is 0. The van der Waals surface area contributed by atoms with Gasteiger partial charge in [0.05, 0.1) is 12.3 Å². The third-order valence-corrected chi connectivity index (χ3v) is 5.90.